The monoisotopic (exact) mass is 626 g/mol. The summed E-state index contributed by atoms with van der Waals surface area (Å²) in [4.78, 5) is 33.7. The number of hydrogen-bond donors (Lipinski definition) is 4. The fourth-order valence-corrected chi connectivity index (χ4v) is 6.74. The van der Waals surface area contributed by atoms with E-state index in [0.717, 1.165) is 40.2 Å². The van der Waals surface area contributed by atoms with Gasteiger partial charge in [0, 0.05) is 41.8 Å². The van der Waals surface area contributed by atoms with Gasteiger partial charge in [-0.2, -0.15) is 0 Å². The Balaban J connectivity index is 1.27. The van der Waals surface area contributed by atoms with E-state index in [1.54, 1.807) is 47.7 Å². The number of aryl methyl sites for hydroxylation is 1. The van der Waals surface area contributed by atoms with Gasteiger partial charge in [0.15, 0.2) is 0 Å². The Morgan fingerprint density at radius 2 is 1.80 bits per heavy atom. The second-order valence-electron chi connectivity index (χ2n) is 12.1. The highest BCUT2D eigenvalue weighted by atomic mass is 32.1. The first-order valence-corrected chi connectivity index (χ1v) is 16.5. The Bertz CT molecular complexity index is 1610. The van der Waals surface area contributed by atoms with E-state index in [1.807, 2.05) is 53.6 Å². The molecule has 45 heavy (non-hydrogen) atoms. The Kier molecular flexibility index (Phi) is 10.7. The molecule has 3 aromatic carbocycles. The number of nitrogens with zero attached hydrogens (tertiary/aromatic N) is 2. The van der Waals surface area contributed by atoms with Gasteiger partial charge in [0.25, 0.3) is 11.8 Å². The number of aliphatic hydroxyl groups excluding tert-OH is 1. The van der Waals surface area contributed by atoms with Crippen molar-refractivity contribution in [3.63, 3.8) is 0 Å². The van der Waals surface area contributed by atoms with Gasteiger partial charge in [-0.25, -0.2) is 4.98 Å². The summed E-state index contributed by atoms with van der Waals surface area (Å²) in [7, 11) is 0. The van der Waals surface area contributed by atoms with Crippen LogP contribution in [0.3, 0.4) is 0 Å². The third-order valence-electron chi connectivity index (χ3n) is 8.24. The van der Waals surface area contributed by atoms with Crippen LogP contribution in [0.15, 0.2) is 78.2 Å². The van der Waals surface area contributed by atoms with E-state index < -0.39 is 12.1 Å². The number of carbonyl (C=O) groups excluding carboxylic acids is 2. The van der Waals surface area contributed by atoms with Gasteiger partial charge in [0.2, 0.25) is 0 Å². The van der Waals surface area contributed by atoms with Gasteiger partial charge in [-0.15, -0.1) is 11.3 Å². The van der Waals surface area contributed by atoms with E-state index in [2.05, 4.69) is 29.5 Å². The molecule has 0 bridgehead atoms. The molecule has 5 rings (SSSR count). The number of phenols is 1. The average molecular weight is 627 g/mol. The molecule has 0 unspecified atom stereocenters. The lowest BCUT2D eigenvalue weighted by Gasteiger charge is -2.25. The van der Waals surface area contributed by atoms with Crippen molar-refractivity contribution in [2.75, 3.05) is 13.1 Å². The van der Waals surface area contributed by atoms with Crippen LogP contribution in [0, 0.1) is 6.92 Å². The van der Waals surface area contributed by atoms with E-state index >= 15 is 0 Å². The Morgan fingerprint density at radius 3 is 2.53 bits per heavy atom. The van der Waals surface area contributed by atoms with Crippen molar-refractivity contribution in [2.24, 2.45) is 0 Å². The molecule has 2 amide bonds. The molecule has 1 aliphatic rings. The number of phenolic OH excluding ortho intramolecular Hbond substituents is 1. The number of thiazole rings is 1. The van der Waals surface area contributed by atoms with Crippen LogP contribution < -0.4 is 10.6 Å². The number of likely N-dealkylation sites (tertiary alicyclic amines) is 1. The first kappa shape index (κ1) is 32.3. The maximum atomic E-state index is 13.6. The van der Waals surface area contributed by atoms with Gasteiger partial charge in [0.05, 0.1) is 18.2 Å². The van der Waals surface area contributed by atoms with Crippen molar-refractivity contribution < 1.29 is 19.8 Å². The van der Waals surface area contributed by atoms with Crippen LogP contribution in [0.25, 0.3) is 0 Å². The number of nitrogens with one attached hydrogen (secondary N) is 2. The molecule has 4 aromatic rings. The Morgan fingerprint density at radius 1 is 1.02 bits per heavy atom. The van der Waals surface area contributed by atoms with E-state index in [4.69, 9.17) is 0 Å². The van der Waals surface area contributed by atoms with Gasteiger partial charge >= 0.3 is 0 Å². The Hall–Kier alpha value is -4.05. The number of hydrogen-bond acceptors (Lipinski definition) is 7. The Labute approximate surface area is 269 Å². The first-order valence-electron chi connectivity index (χ1n) is 15.6. The second kappa shape index (κ2) is 14.8. The normalized spacial score (nSPS) is 16.1. The van der Waals surface area contributed by atoms with Crippen molar-refractivity contribution in [3.05, 3.63) is 117 Å². The molecule has 9 heteroatoms. The molecule has 0 spiro atoms. The molecule has 1 saturated heterocycles. The molecule has 1 aliphatic heterocycles. The van der Waals surface area contributed by atoms with E-state index in [1.165, 1.54) is 0 Å². The highest BCUT2D eigenvalue weighted by Gasteiger charge is 2.33. The standard InChI is InChI=1S/C36H42N4O4S/c1-23(2)29-15-26(16-30(41)19-29)20-37-21-33(42)31(17-25-9-5-4-6-10-25)39-34(43)27-11-7-12-28(18-27)36(44)40-14-8-13-32(40)35-38-24(3)22-45-35/h4-7,9-12,15-16,18-19,22-23,31-33,37,41-42H,8,13-14,17,20-21H2,1-3H3,(H,39,43)/t31-,32+,33+/m0/s1. The minimum absolute atomic E-state index is 0.0524. The average Bonchev–Trinajstić information content (AvgIpc) is 3.69. The van der Waals surface area contributed by atoms with Crippen LogP contribution in [0.1, 0.15) is 86.8 Å². The molecule has 4 N–H and O–H groups in total. The van der Waals surface area contributed by atoms with E-state index in [-0.39, 0.29) is 36.1 Å². The molecular weight excluding hydrogens is 584 g/mol. The minimum atomic E-state index is -0.895. The smallest absolute Gasteiger partial charge is 0.254 e. The summed E-state index contributed by atoms with van der Waals surface area (Å²) in [6, 6.07) is 21.4. The molecule has 3 atom stereocenters. The molecule has 8 nitrogen and oxygen atoms in total. The van der Waals surface area contributed by atoms with E-state index in [0.29, 0.717) is 30.6 Å². The van der Waals surface area contributed by atoms with Crippen molar-refractivity contribution in [2.45, 2.75) is 70.7 Å². The van der Waals surface area contributed by atoms with Crippen molar-refractivity contribution in [1.82, 2.24) is 20.5 Å². The lowest BCUT2D eigenvalue weighted by molar-refractivity contribution is 0.0735. The van der Waals surface area contributed by atoms with Crippen LogP contribution in [-0.4, -0.2) is 57.1 Å². The summed E-state index contributed by atoms with van der Waals surface area (Å²) in [5.74, 6) is 0.0251. The third-order valence-corrected chi connectivity index (χ3v) is 9.30. The molecule has 236 valence electrons. The first-order chi connectivity index (χ1) is 21.7. The number of amides is 2. The molecule has 2 heterocycles. The van der Waals surface area contributed by atoms with Crippen LogP contribution in [0.2, 0.25) is 0 Å². The zero-order valence-corrected chi connectivity index (χ0v) is 26.9. The van der Waals surface area contributed by atoms with Crippen LogP contribution in [0.5, 0.6) is 5.75 Å². The number of aromatic nitrogens is 1. The van der Waals surface area contributed by atoms with Gasteiger partial charge < -0.3 is 25.7 Å². The van der Waals surface area contributed by atoms with Gasteiger partial charge in [-0.1, -0.05) is 56.3 Å². The van der Waals surface area contributed by atoms with Gasteiger partial charge in [0.1, 0.15) is 10.8 Å². The molecule has 0 saturated carbocycles. The SMILES string of the molecule is Cc1csc([C@H]2CCCN2C(=O)c2cccc(C(=O)N[C@@H](Cc3ccccc3)[C@H](O)CNCc3cc(O)cc(C(C)C)c3)c2)n1. The maximum absolute atomic E-state index is 13.6. The minimum Gasteiger partial charge on any atom is -0.508 e. The highest BCUT2D eigenvalue weighted by Crippen LogP contribution is 2.35. The van der Waals surface area contributed by atoms with Crippen molar-refractivity contribution in [3.8, 4) is 5.75 Å². The van der Waals surface area contributed by atoms with Crippen LogP contribution >= 0.6 is 11.3 Å². The summed E-state index contributed by atoms with van der Waals surface area (Å²) in [6.45, 7) is 7.45. The molecule has 0 radical (unpaired) electrons. The number of rotatable bonds is 12. The summed E-state index contributed by atoms with van der Waals surface area (Å²) in [5.41, 5.74) is 4.72. The lowest BCUT2D eigenvalue weighted by Crippen LogP contribution is -2.48. The predicted octanol–water partition coefficient (Wildman–Crippen LogP) is 5.75. The maximum Gasteiger partial charge on any atom is 0.254 e. The second-order valence-corrected chi connectivity index (χ2v) is 13.0. The quantitative estimate of drug-likeness (QED) is 0.159. The topological polar surface area (TPSA) is 115 Å². The summed E-state index contributed by atoms with van der Waals surface area (Å²) >= 11 is 1.58. The van der Waals surface area contributed by atoms with Crippen molar-refractivity contribution in [1.29, 1.82) is 0 Å². The zero-order valence-electron chi connectivity index (χ0n) is 26.1. The van der Waals surface area contributed by atoms with Gasteiger partial charge in [-0.05, 0) is 79.1 Å². The third kappa shape index (κ3) is 8.36. The van der Waals surface area contributed by atoms with E-state index in [9.17, 15) is 19.8 Å². The molecule has 1 aromatic heterocycles. The highest BCUT2D eigenvalue weighted by molar-refractivity contribution is 7.09. The van der Waals surface area contributed by atoms with Gasteiger partial charge in [-0.3, -0.25) is 9.59 Å². The van der Waals surface area contributed by atoms with Crippen LogP contribution in [-0.2, 0) is 13.0 Å². The number of benzene rings is 3. The zero-order chi connectivity index (χ0) is 31.9. The number of carbonyl (C=O) groups is 2. The molecular formula is C36H42N4O4S. The molecule has 0 aliphatic carbocycles. The summed E-state index contributed by atoms with van der Waals surface area (Å²) in [5, 5.41) is 30.7. The van der Waals surface area contributed by atoms with Crippen LogP contribution in [0.4, 0.5) is 0 Å². The predicted molar refractivity (Wildman–Crippen MR) is 178 cm³/mol. The number of aromatic hydroxyl groups is 1. The fraction of sp³-hybridized carbons (Fsp3) is 0.361. The largest absolute Gasteiger partial charge is 0.508 e. The summed E-state index contributed by atoms with van der Waals surface area (Å²) in [6.07, 6.45) is 1.32. The fourth-order valence-electron chi connectivity index (χ4n) is 5.80. The summed E-state index contributed by atoms with van der Waals surface area (Å²) < 4.78 is 0. The lowest BCUT2D eigenvalue weighted by atomic mass is 9.99. The van der Waals surface area contributed by atoms with Crippen molar-refractivity contribution >= 4 is 23.2 Å². The number of aliphatic hydroxyl groups is 1. The molecule has 1 fully saturated rings.